The van der Waals surface area contributed by atoms with Crippen LogP contribution in [0.1, 0.15) is 22.8 Å². The molecule has 0 aromatic heterocycles. The number of hydrogen-bond acceptors (Lipinski definition) is 5. The van der Waals surface area contributed by atoms with Crippen LogP contribution < -0.4 is 14.8 Å². The molecule has 0 saturated carbocycles. The van der Waals surface area contributed by atoms with Crippen molar-refractivity contribution in [1.82, 2.24) is 5.32 Å². The summed E-state index contributed by atoms with van der Waals surface area (Å²) in [7, 11) is 1.56. The maximum Gasteiger partial charge on any atom is 0.387 e. The lowest BCUT2D eigenvalue weighted by molar-refractivity contribution is -0.129. The number of amides is 1. The number of carbonyl (C=O) groups is 2. The quantitative estimate of drug-likeness (QED) is 0.714. The third-order valence-electron chi connectivity index (χ3n) is 3.57. The highest BCUT2D eigenvalue weighted by Gasteiger charge is 2.19. The zero-order valence-corrected chi connectivity index (χ0v) is 14.8. The average Bonchev–Trinajstić information content (AvgIpc) is 2.66. The minimum Gasteiger partial charge on any atom is -0.497 e. The highest BCUT2D eigenvalue weighted by molar-refractivity contribution is 5.92. The van der Waals surface area contributed by atoms with Crippen LogP contribution in [0.5, 0.6) is 11.5 Å². The maximum absolute atomic E-state index is 12.2. The van der Waals surface area contributed by atoms with Gasteiger partial charge in [0.1, 0.15) is 11.5 Å². The second-order valence-electron chi connectivity index (χ2n) is 5.52. The summed E-state index contributed by atoms with van der Waals surface area (Å²) in [6, 6.07) is 12.3. The summed E-state index contributed by atoms with van der Waals surface area (Å²) in [5.41, 5.74) is 0.850. The number of halogens is 2. The Hall–Kier alpha value is -3.16. The summed E-state index contributed by atoms with van der Waals surface area (Å²) in [4.78, 5) is 24.2. The van der Waals surface area contributed by atoms with Gasteiger partial charge in [-0.1, -0.05) is 18.2 Å². The predicted octanol–water partition coefficient (Wildman–Crippen LogP) is 3.16. The molecule has 1 amide bonds. The Bertz CT molecular complexity index is 780. The van der Waals surface area contributed by atoms with E-state index in [0.717, 1.165) is 11.6 Å². The second kappa shape index (κ2) is 9.51. The van der Waals surface area contributed by atoms with E-state index in [1.807, 2.05) is 0 Å². The van der Waals surface area contributed by atoms with E-state index >= 15 is 0 Å². The normalized spacial score (nSPS) is 11.6. The van der Waals surface area contributed by atoms with Gasteiger partial charge in [0, 0.05) is 6.54 Å². The van der Waals surface area contributed by atoms with Gasteiger partial charge in [-0.2, -0.15) is 8.78 Å². The van der Waals surface area contributed by atoms with E-state index in [9.17, 15) is 18.4 Å². The summed E-state index contributed by atoms with van der Waals surface area (Å²) in [6.45, 7) is -1.33. The first-order valence-electron chi connectivity index (χ1n) is 8.05. The number of rotatable bonds is 8. The maximum atomic E-state index is 12.2. The van der Waals surface area contributed by atoms with E-state index in [4.69, 9.17) is 9.47 Å². The molecule has 27 heavy (non-hydrogen) atoms. The molecular weight excluding hydrogens is 360 g/mol. The monoisotopic (exact) mass is 379 g/mol. The summed E-state index contributed by atoms with van der Waals surface area (Å²) in [6.07, 6.45) is -1.06. The zero-order valence-electron chi connectivity index (χ0n) is 14.8. The fraction of sp³-hybridized carbons (Fsp3) is 0.263. The molecule has 144 valence electrons. The number of benzene rings is 2. The van der Waals surface area contributed by atoms with Gasteiger partial charge in [0.25, 0.3) is 5.91 Å². The van der Waals surface area contributed by atoms with Crippen molar-refractivity contribution in [2.75, 3.05) is 7.11 Å². The minimum atomic E-state index is -3.00. The Morgan fingerprint density at radius 1 is 1.07 bits per heavy atom. The van der Waals surface area contributed by atoms with Crippen LogP contribution in [0, 0.1) is 0 Å². The van der Waals surface area contributed by atoms with Gasteiger partial charge in [-0.25, -0.2) is 4.79 Å². The Balaban J connectivity index is 1.88. The lowest BCUT2D eigenvalue weighted by atomic mass is 10.2. The van der Waals surface area contributed by atoms with Gasteiger partial charge in [-0.05, 0) is 42.8 Å². The van der Waals surface area contributed by atoms with Gasteiger partial charge < -0.3 is 19.5 Å². The standard InChI is InChI=1S/C19H19F2NO5/c1-12(17(23)22-11-13-6-8-15(25-2)9-7-13)26-18(24)14-4-3-5-16(10-14)27-19(20)21/h3-10,12,19H,11H2,1-2H3,(H,22,23). The fourth-order valence-corrected chi connectivity index (χ4v) is 2.16. The molecular formula is C19H19F2NO5. The van der Waals surface area contributed by atoms with Crippen molar-refractivity contribution >= 4 is 11.9 Å². The number of ether oxygens (including phenoxy) is 3. The molecule has 0 saturated heterocycles. The first kappa shape index (κ1) is 20.2. The van der Waals surface area contributed by atoms with Crippen molar-refractivity contribution in [2.45, 2.75) is 26.2 Å². The lowest BCUT2D eigenvalue weighted by Gasteiger charge is -2.14. The van der Waals surface area contributed by atoms with E-state index < -0.39 is 24.6 Å². The molecule has 2 rings (SSSR count). The summed E-state index contributed by atoms with van der Waals surface area (Å²) in [5, 5.41) is 2.65. The summed E-state index contributed by atoms with van der Waals surface area (Å²) in [5.74, 6) is -0.776. The molecule has 0 spiro atoms. The molecule has 2 aromatic carbocycles. The van der Waals surface area contributed by atoms with Gasteiger partial charge >= 0.3 is 12.6 Å². The minimum absolute atomic E-state index is 0.00274. The van der Waals surface area contributed by atoms with Gasteiger partial charge in [-0.15, -0.1) is 0 Å². The van der Waals surface area contributed by atoms with Crippen LogP contribution in [0.15, 0.2) is 48.5 Å². The Kier molecular flexibility index (Phi) is 7.10. The van der Waals surface area contributed by atoms with Crippen LogP contribution in [0.2, 0.25) is 0 Å². The van der Waals surface area contributed by atoms with E-state index in [2.05, 4.69) is 10.1 Å². The van der Waals surface area contributed by atoms with E-state index in [1.54, 1.807) is 31.4 Å². The van der Waals surface area contributed by atoms with Crippen LogP contribution in [-0.4, -0.2) is 31.7 Å². The first-order valence-corrected chi connectivity index (χ1v) is 8.05. The van der Waals surface area contributed by atoms with Gasteiger partial charge in [0.2, 0.25) is 0 Å². The highest BCUT2D eigenvalue weighted by Crippen LogP contribution is 2.17. The van der Waals surface area contributed by atoms with Crippen LogP contribution >= 0.6 is 0 Å². The topological polar surface area (TPSA) is 73.9 Å². The molecule has 0 bridgehead atoms. The van der Waals surface area contributed by atoms with Crippen LogP contribution in [0.4, 0.5) is 8.78 Å². The van der Waals surface area contributed by atoms with E-state index in [-0.39, 0.29) is 17.9 Å². The third-order valence-corrected chi connectivity index (χ3v) is 3.57. The largest absolute Gasteiger partial charge is 0.497 e. The number of hydrogen-bond donors (Lipinski definition) is 1. The second-order valence-corrected chi connectivity index (χ2v) is 5.52. The smallest absolute Gasteiger partial charge is 0.387 e. The van der Waals surface area contributed by atoms with E-state index in [1.165, 1.54) is 25.1 Å². The van der Waals surface area contributed by atoms with Crippen molar-refractivity contribution in [1.29, 1.82) is 0 Å². The predicted molar refractivity (Wildman–Crippen MR) is 92.8 cm³/mol. The van der Waals surface area contributed by atoms with Crippen LogP contribution in [0.3, 0.4) is 0 Å². The Morgan fingerprint density at radius 3 is 2.41 bits per heavy atom. The molecule has 0 fully saturated rings. The number of nitrogens with one attached hydrogen (secondary N) is 1. The molecule has 1 atom stereocenters. The van der Waals surface area contributed by atoms with E-state index in [0.29, 0.717) is 5.75 Å². The average molecular weight is 379 g/mol. The molecule has 1 unspecified atom stereocenters. The van der Waals surface area contributed by atoms with Crippen molar-refractivity contribution in [3.05, 3.63) is 59.7 Å². The molecule has 2 aromatic rings. The molecule has 6 nitrogen and oxygen atoms in total. The molecule has 1 N–H and O–H groups in total. The molecule has 0 aliphatic heterocycles. The van der Waals surface area contributed by atoms with Gasteiger partial charge in [-0.3, -0.25) is 4.79 Å². The van der Waals surface area contributed by atoms with Crippen LogP contribution in [0.25, 0.3) is 0 Å². The fourth-order valence-electron chi connectivity index (χ4n) is 2.16. The van der Waals surface area contributed by atoms with Gasteiger partial charge in [0.15, 0.2) is 6.10 Å². The Labute approximate surface area is 155 Å². The summed E-state index contributed by atoms with van der Waals surface area (Å²) < 4.78 is 38.8. The molecule has 0 aliphatic rings. The number of carbonyl (C=O) groups excluding carboxylic acids is 2. The van der Waals surface area contributed by atoms with Crippen LogP contribution in [-0.2, 0) is 16.1 Å². The van der Waals surface area contributed by atoms with Crippen molar-refractivity contribution < 1.29 is 32.6 Å². The number of alkyl halides is 2. The molecule has 0 heterocycles. The van der Waals surface area contributed by atoms with Crippen molar-refractivity contribution in [2.24, 2.45) is 0 Å². The third kappa shape index (κ3) is 6.25. The first-order chi connectivity index (χ1) is 12.9. The lowest BCUT2D eigenvalue weighted by Crippen LogP contribution is -2.35. The van der Waals surface area contributed by atoms with Gasteiger partial charge in [0.05, 0.1) is 12.7 Å². The zero-order chi connectivity index (χ0) is 19.8. The van der Waals surface area contributed by atoms with Crippen molar-refractivity contribution in [3.8, 4) is 11.5 Å². The highest BCUT2D eigenvalue weighted by atomic mass is 19.3. The molecule has 8 heteroatoms. The number of methoxy groups -OCH3 is 1. The molecule has 0 aliphatic carbocycles. The number of esters is 1. The summed E-state index contributed by atoms with van der Waals surface area (Å²) >= 11 is 0. The molecule has 0 radical (unpaired) electrons. The Morgan fingerprint density at radius 2 is 1.78 bits per heavy atom. The SMILES string of the molecule is COc1ccc(CNC(=O)C(C)OC(=O)c2cccc(OC(F)F)c2)cc1. The van der Waals surface area contributed by atoms with Crippen molar-refractivity contribution in [3.63, 3.8) is 0 Å².